The first kappa shape index (κ1) is 11.8. The minimum atomic E-state index is -0.362. The van der Waals surface area contributed by atoms with E-state index < -0.39 is 0 Å². The fraction of sp³-hybridized carbons (Fsp3) is 0.455. The van der Waals surface area contributed by atoms with Gasteiger partial charge in [0.1, 0.15) is 0 Å². The molecule has 0 radical (unpaired) electrons. The molecule has 1 aromatic rings. The summed E-state index contributed by atoms with van der Waals surface area (Å²) in [7, 11) is 1.45. The van der Waals surface area contributed by atoms with E-state index >= 15 is 0 Å². The van der Waals surface area contributed by atoms with E-state index in [1.165, 1.54) is 13.2 Å². The highest BCUT2D eigenvalue weighted by Crippen LogP contribution is 2.20. The maximum absolute atomic E-state index is 13.2. The van der Waals surface area contributed by atoms with Crippen LogP contribution in [0.25, 0.3) is 0 Å². The second kappa shape index (κ2) is 6.24. The van der Waals surface area contributed by atoms with Crippen LogP contribution in [0.3, 0.4) is 0 Å². The first-order valence-corrected chi connectivity index (χ1v) is 4.93. The molecule has 0 aliphatic carbocycles. The Morgan fingerprint density at radius 1 is 1.40 bits per heavy atom. The number of anilines is 1. The van der Waals surface area contributed by atoms with Gasteiger partial charge in [-0.3, -0.25) is 0 Å². The molecule has 0 bridgehead atoms. The van der Waals surface area contributed by atoms with Crippen LogP contribution in [0.2, 0.25) is 0 Å². The topological polar surface area (TPSA) is 30.5 Å². The van der Waals surface area contributed by atoms with E-state index in [0.29, 0.717) is 19.8 Å². The molecular weight excluding hydrogens is 197 g/mol. The summed E-state index contributed by atoms with van der Waals surface area (Å²) in [5, 5.41) is 3.05. The SMILES string of the molecule is CCOCCNc1ccc(OC)c(F)c1. The third-order valence-corrected chi connectivity index (χ3v) is 1.93. The number of methoxy groups -OCH3 is 1. The molecule has 0 spiro atoms. The lowest BCUT2D eigenvalue weighted by Gasteiger charge is -2.08. The van der Waals surface area contributed by atoms with E-state index in [4.69, 9.17) is 9.47 Å². The summed E-state index contributed by atoms with van der Waals surface area (Å²) in [5.41, 5.74) is 0.730. The molecule has 0 fully saturated rings. The Kier molecular flexibility index (Phi) is 4.90. The van der Waals surface area contributed by atoms with E-state index in [1.54, 1.807) is 12.1 Å². The van der Waals surface area contributed by atoms with Crippen LogP contribution in [0.15, 0.2) is 18.2 Å². The van der Waals surface area contributed by atoms with E-state index in [0.717, 1.165) is 5.69 Å². The Hall–Kier alpha value is -1.29. The van der Waals surface area contributed by atoms with Gasteiger partial charge in [0.2, 0.25) is 0 Å². The smallest absolute Gasteiger partial charge is 0.167 e. The first-order valence-electron chi connectivity index (χ1n) is 4.93. The number of ether oxygens (including phenoxy) is 2. The van der Waals surface area contributed by atoms with Crippen LogP contribution < -0.4 is 10.1 Å². The lowest BCUT2D eigenvalue weighted by Crippen LogP contribution is -2.09. The Morgan fingerprint density at radius 3 is 2.80 bits per heavy atom. The van der Waals surface area contributed by atoms with Gasteiger partial charge in [0.15, 0.2) is 11.6 Å². The van der Waals surface area contributed by atoms with Crippen molar-refractivity contribution in [2.75, 3.05) is 32.2 Å². The van der Waals surface area contributed by atoms with Crippen molar-refractivity contribution in [1.82, 2.24) is 0 Å². The van der Waals surface area contributed by atoms with Gasteiger partial charge in [0, 0.05) is 24.9 Å². The van der Waals surface area contributed by atoms with Crippen LogP contribution >= 0.6 is 0 Å². The third-order valence-electron chi connectivity index (χ3n) is 1.93. The number of hydrogen-bond acceptors (Lipinski definition) is 3. The number of hydrogen-bond donors (Lipinski definition) is 1. The summed E-state index contributed by atoms with van der Waals surface area (Å²) in [6.07, 6.45) is 0. The van der Waals surface area contributed by atoms with Gasteiger partial charge < -0.3 is 14.8 Å². The fourth-order valence-electron chi connectivity index (χ4n) is 1.19. The summed E-state index contributed by atoms with van der Waals surface area (Å²) in [6.45, 7) is 3.91. The van der Waals surface area contributed by atoms with E-state index in [2.05, 4.69) is 5.32 Å². The highest BCUT2D eigenvalue weighted by molar-refractivity contribution is 5.47. The van der Waals surface area contributed by atoms with Crippen molar-refractivity contribution in [3.8, 4) is 5.75 Å². The fourth-order valence-corrected chi connectivity index (χ4v) is 1.19. The van der Waals surface area contributed by atoms with Crippen molar-refractivity contribution in [3.63, 3.8) is 0 Å². The Bertz CT molecular complexity index is 305. The van der Waals surface area contributed by atoms with Crippen LogP contribution in [0.1, 0.15) is 6.92 Å². The summed E-state index contributed by atoms with van der Waals surface area (Å²) in [5.74, 6) is -0.107. The zero-order valence-electron chi connectivity index (χ0n) is 9.05. The summed E-state index contributed by atoms with van der Waals surface area (Å²) >= 11 is 0. The average Bonchev–Trinajstić information content (AvgIpc) is 2.25. The highest BCUT2D eigenvalue weighted by Gasteiger charge is 2.02. The maximum atomic E-state index is 13.2. The molecule has 4 heteroatoms. The molecule has 3 nitrogen and oxygen atoms in total. The molecule has 0 atom stereocenters. The normalized spacial score (nSPS) is 10.1. The van der Waals surface area contributed by atoms with Gasteiger partial charge in [-0.05, 0) is 19.1 Å². The largest absolute Gasteiger partial charge is 0.494 e. The lowest BCUT2D eigenvalue weighted by atomic mass is 10.3. The number of nitrogens with one attached hydrogen (secondary N) is 1. The lowest BCUT2D eigenvalue weighted by molar-refractivity contribution is 0.158. The molecule has 15 heavy (non-hydrogen) atoms. The first-order chi connectivity index (χ1) is 7.27. The third kappa shape index (κ3) is 3.75. The molecule has 0 amide bonds. The molecule has 0 heterocycles. The second-order valence-corrected chi connectivity index (χ2v) is 2.97. The molecule has 0 unspecified atom stereocenters. The Balaban J connectivity index is 2.45. The minimum Gasteiger partial charge on any atom is -0.494 e. The zero-order valence-corrected chi connectivity index (χ0v) is 9.05. The molecule has 0 aliphatic rings. The van der Waals surface area contributed by atoms with Crippen molar-refractivity contribution in [2.45, 2.75) is 6.92 Å². The van der Waals surface area contributed by atoms with E-state index in [1.807, 2.05) is 6.92 Å². The molecule has 1 aromatic carbocycles. The quantitative estimate of drug-likeness (QED) is 0.735. The standard InChI is InChI=1S/C11H16FNO2/c1-3-15-7-6-13-9-4-5-11(14-2)10(12)8-9/h4-5,8,13H,3,6-7H2,1-2H3. The van der Waals surface area contributed by atoms with Crippen molar-refractivity contribution in [1.29, 1.82) is 0 Å². The number of benzene rings is 1. The van der Waals surface area contributed by atoms with Crippen molar-refractivity contribution in [3.05, 3.63) is 24.0 Å². The predicted molar refractivity (Wildman–Crippen MR) is 57.9 cm³/mol. The second-order valence-electron chi connectivity index (χ2n) is 2.97. The molecular formula is C11H16FNO2. The van der Waals surface area contributed by atoms with Crippen LogP contribution in [-0.2, 0) is 4.74 Å². The maximum Gasteiger partial charge on any atom is 0.167 e. The average molecular weight is 213 g/mol. The molecule has 0 aliphatic heterocycles. The van der Waals surface area contributed by atoms with Gasteiger partial charge in [-0.25, -0.2) is 4.39 Å². The van der Waals surface area contributed by atoms with E-state index in [9.17, 15) is 4.39 Å². The van der Waals surface area contributed by atoms with Crippen molar-refractivity contribution >= 4 is 5.69 Å². The molecule has 1 N–H and O–H groups in total. The number of halogens is 1. The Labute approximate surface area is 89.2 Å². The zero-order chi connectivity index (χ0) is 11.1. The molecule has 0 saturated heterocycles. The monoisotopic (exact) mass is 213 g/mol. The van der Waals surface area contributed by atoms with Crippen LogP contribution in [0.5, 0.6) is 5.75 Å². The predicted octanol–water partition coefficient (Wildman–Crippen LogP) is 2.28. The minimum absolute atomic E-state index is 0.255. The van der Waals surface area contributed by atoms with Crippen LogP contribution in [0, 0.1) is 5.82 Å². The van der Waals surface area contributed by atoms with Crippen molar-refractivity contribution < 1.29 is 13.9 Å². The van der Waals surface area contributed by atoms with E-state index in [-0.39, 0.29) is 11.6 Å². The van der Waals surface area contributed by atoms with Gasteiger partial charge >= 0.3 is 0 Å². The van der Waals surface area contributed by atoms with Gasteiger partial charge in [0.25, 0.3) is 0 Å². The van der Waals surface area contributed by atoms with Gasteiger partial charge in [-0.1, -0.05) is 0 Å². The van der Waals surface area contributed by atoms with Gasteiger partial charge in [-0.2, -0.15) is 0 Å². The molecule has 84 valence electrons. The summed E-state index contributed by atoms with van der Waals surface area (Å²) < 4.78 is 23.2. The summed E-state index contributed by atoms with van der Waals surface area (Å²) in [6, 6.07) is 4.77. The van der Waals surface area contributed by atoms with Crippen molar-refractivity contribution in [2.24, 2.45) is 0 Å². The van der Waals surface area contributed by atoms with Crippen LogP contribution in [0.4, 0.5) is 10.1 Å². The molecule has 1 rings (SSSR count). The van der Waals surface area contributed by atoms with Gasteiger partial charge in [0.05, 0.1) is 13.7 Å². The molecule has 0 aromatic heterocycles. The van der Waals surface area contributed by atoms with Gasteiger partial charge in [-0.15, -0.1) is 0 Å². The van der Waals surface area contributed by atoms with Crippen LogP contribution in [-0.4, -0.2) is 26.9 Å². The summed E-state index contributed by atoms with van der Waals surface area (Å²) in [4.78, 5) is 0. The number of rotatable bonds is 6. The Morgan fingerprint density at radius 2 is 2.20 bits per heavy atom. The highest BCUT2D eigenvalue weighted by atomic mass is 19.1. The molecule has 0 saturated carbocycles.